The summed E-state index contributed by atoms with van der Waals surface area (Å²) < 4.78 is 13.3. The van der Waals surface area contributed by atoms with Gasteiger partial charge in [-0.05, 0) is 36.4 Å². The number of hydrogen-bond donors (Lipinski definition) is 1. The van der Waals surface area contributed by atoms with Crippen molar-refractivity contribution in [3.63, 3.8) is 0 Å². The molecule has 0 aliphatic carbocycles. The molecule has 20 heavy (non-hydrogen) atoms. The Morgan fingerprint density at radius 3 is 2.85 bits per heavy atom. The maximum absolute atomic E-state index is 13.3. The van der Waals surface area contributed by atoms with Gasteiger partial charge in [-0.25, -0.2) is 14.2 Å². The Kier molecular flexibility index (Phi) is 4.10. The summed E-state index contributed by atoms with van der Waals surface area (Å²) in [4.78, 5) is 16.5. The fraction of sp³-hybridized carbons (Fsp3) is 0.0667. The van der Waals surface area contributed by atoms with Crippen LogP contribution in [0.1, 0.15) is 5.56 Å². The molecule has 0 radical (unpaired) electrons. The third-order valence-electron chi connectivity index (χ3n) is 2.74. The van der Waals surface area contributed by atoms with E-state index >= 15 is 0 Å². The van der Waals surface area contributed by atoms with Gasteiger partial charge in [0.1, 0.15) is 11.6 Å². The Balaban J connectivity index is 2.39. The van der Waals surface area contributed by atoms with Gasteiger partial charge in [-0.2, -0.15) is 0 Å². The van der Waals surface area contributed by atoms with Gasteiger partial charge in [0.2, 0.25) is 0 Å². The number of aliphatic carboxylic acids is 1. The summed E-state index contributed by atoms with van der Waals surface area (Å²) in [6, 6.07) is 9.57. The standard InChI is InChI=1S/C15H13FN2O2/c1-18(13-6-2-5-12(16)10-13)15-11(4-3-9-17-15)7-8-14(19)20/h2-10H,1H3,(H,19,20)/b8-7+. The molecule has 0 amide bonds. The molecule has 2 aromatic rings. The molecule has 0 saturated heterocycles. The van der Waals surface area contributed by atoms with Crippen LogP contribution in [0, 0.1) is 5.82 Å². The van der Waals surface area contributed by atoms with E-state index in [-0.39, 0.29) is 5.82 Å². The predicted octanol–water partition coefficient (Wildman–Crippen LogP) is 3.09. The van der Waals surface area contributed by atoms with E-state index in [1.807, 2.05) is 0 Å². The van der Waals surface area contributed by atoms with E-state index in [1.165, 1.54) is 18.2 Å². The van der Waals surface area contributed by atoms with Crippen molar-refractivity contribution in [2.75, 3.05) is 11.9 Å². The molecular formula is C15H13FN2O2. The van der Waals surface area contributed by atoms with E-state index < -0.39 is 5.97 Å². The highest BCUT2D eigenvalue weighted by Crippen LogP contribution is 2.25. The highest BCUT2D eigenvalue weighted by molar-refractivity contribution is 5.87. The maximum atomic E-state index is 13.3. The minimum absolute atomic E-state index is 0.340. The number of carboxylic acids is 1. The molecule has 1 aromatic carbocycles. The van der Waals surface area contributed by atoms with Crippen LogP contribution in [0.25, 0.3) is 6.08 Å². The van der Waals surface area contributed by atoms with Crippen LogP contribution in [-0.4, -0.2) is 23.1 Å². The highest BCUT2D eigenvalue weighted by atomic mass is 19.1. The number of carbonyl (C=O) groups is 1. The fourth-order valence-electron chi connectivity index (χ4n) is 1.79. The van der Waals surface area contributed by atoms with E-state index in [0.29, 0.717) is 17.1 Å². The van der Waals surface area contributed by atoms with E-state index in [1.54, 1.807) is 42.4 Å². The van der Waals surface area contributed by atoms with E-state index in [4.69, 9.17) is 5.11 Å². The lowest BCUT2D eigenvalue weighted by molar-refractivity contribution is -0.131. The zero-order valence-electron chi connectivity index (χ0n) is 10.8. The van der Waals surface area contributed by atoms with Crippen molar-refractivity contribution in [2.45, 2.75) is 0 Å². The number of rotatable bonds is 4. The SMILES string of the molecule is CN(c1cccc(F)c1)c1ncccc1/C=C/C(=O)O. The summed E-state index contributed by atoms with van der Waals surface area (Å²) in [6.45, 7) is 0. The van der Waals surface area contributed by atoms with Gasteiger partial charge in [0.15, 0.2) is 0 Å². The molecule has 5 heteroatoms. The zero-order valence-corrected chi connectivity index (χ0v) is 10.8. The molecule has 1 aromatic heterocycles. The number of halogens is 1. The normalized spacial score (nSPS) is 10.7. The summed E-state index contributed by atoms with van der Waals surface area (Å²) >= 11 is 0. The fourth-order valence-corrected chi connectivity index (χ4v) is 1.79. The van der Waals surface area contributed by atoms with Gasteiger partial charge >= 0.3 is 5.97 Å². The lowest BCUT2D eigenvalue weighted by atomic mass is 10.2. The Hall–Kier alpha value is -2.69. The molecule has 0 spiro atoms. The maximum Gasteiger partial charge on any atom is 0.328 e. The van der Waals surface area contributed by atoms with Crippen LogP contribution in [0.15, 0.2) is 48.7 Å². The first-order chi connectivity index (χ1) is 9.58. The average molecular weight is 272 g/mol. The Bertz CT molecular complexity index is 656. The molecule has 1 heterocycles. The van der Waals surface area contributed by atoms with Crippen LogP contribution in [-0.2, 0) is 4.79 Å². The minimum Gasteiger partial charge on any atom is -0.478 e. The van der Waals surface area contributed by atoms with Crippen LogP contribution in [0.4, 0.5) is 15.9 Å². The van der Waals surface area contributed by atoms with Crippen LogP contribution in [0.5, 0.6) is 0 Å². The van der Waals surface area contributed by atoms with Crippen molar-refractivity contribution >= 4 is 23.6 Å². The first-order valence-corrected chi connectivity index (χ1v) is 5.93. The monoisotopic (exact) mass is 272 g/mol. The summed E-state index contributed by atoms with van der Waals surface area (Å²) in [5.74, 6) is -0.822. The second kappa shape index (κ2) is 5.97. The highest BCUT2D eigenvalue weighted by Gasteiger charge is 2.09. The number of hydrogen-bond acceptors (Lipinski definition) is 3. The van der Waals surface area contributed by atoms with Gasteiger partial charge in [-0.3, -0.25) is 0 Å². The van der Waals surface area contributed by atoms with Gasteiger partial charge < -0.3 is 10.0 Å². The van der Waals surface area contributed by atoms with E-state index in [9.17, 15) is 9.18 Å². The Morgan fingerprint density at radius 2 is 2.15 bits per heavy atom. The topological polar surface area (TPSA) is 53.4 Å². The van der Waals surface area contributed by atoms with Crippen molar-refractivity contribution in [3.8, 4) is 0 Å². The van der Waals surface area contributed by atoms with Crippen LogP contribution in [0.3, 0.4) is 0 Å². The van der Waals surface area contributed by atoms with Crippen LogP contribution >= 0.6 is 0 Å². The third-order valence-corrected chi connectivity index (χ3v) is 2.74. The molecule has 1 N–H and O–H groups in total. The molecule has 0 fully saturated rings. The third kappa shape index (κ3) is 3.20. The van der Waals surface area contributed by atoms with Crippen LogP contribution < -0.4 is 4.90 Å². The van der Waals surface area contributed by atoms with E-state index in [2.05, 4.69) is 4.98 Å². The quantitative estimate of drug-likeness (QED) is 0.869. The molecule has 0 aliphatic heterocycles. The predicted molar refractivity (Wildman–Crippen MR) is 75.4 cm³/mol. The Labute approximate surface area is 115 Å². The van der Waals surface area contributed by atoms with Crippen molar-refractivity contribution in [1.82, 2.24) is 4.98 Å². The second-order valence-electron chi connectivity index (χ2n) is 4.13. The smallest absolute Gasteiger partial charge is 0.328 e. The number of aromatic nitrogens is 1. The number of benzene rings is 1. The van der Waals surface area contributed by atoms with Crippen LogP contribution in [0.2, 0.25) is 0 Å². The largest absolute Gasteiger partial charge is 0.478 e. The van der Waals surface area contributed by atoms with Crippen molar-refractivity contribution < 1.29 is 14.3 Å². The van der Waals surface area contributed by atoms with Crippen molar-refractivity contribution in [3.05, 3.63) is 60.1 Å². The summed E-state index contributed by atoms with van der Waals surface area (Å²) in [5.41, 5.74) is 1.27. The van der Waals surface area contributed by atoms with Crippen molar-refractivity contribution in [2.24, 2.45) is 0 Å². The number of nitrogens with zero attached hydrogens (tertiary/aromatic N) is 2. The van der Waals surface area contributed by atoms with Gasteiger partial charge in [-0.1, -0.05) is 6.07 Å². The lowest BCUT2D eigenvalue weighted by Gasteiger charge is -2.20. The van der Waals surface area contributed by atoms with Gasteiger partial charge in [0, 0.05) is 30.6 Å². The summed E-state index contributed by atoms with van der Waals surface area (Å²) in [5, 5.41) is 8.69. The zero-order chi connectivity index (χ0) is 14.5. The van der Waals surface area contributed by atoms with Crippen molar-refractivity contribution in [1.29, 1.82) is 0 Å². The molecular weight excluding hydrogens is 259 g/mol. The van der Waals surface area contributed by atoms with E-state index in [0.717, 1.165) is 6.08 Å². The summed E-state index contributed by atoms with van der Waals surface area (Å²) in [6.07, 6.45) is 4.10. The first kappa shape index (κ1) is 13.7. The molecule has 0 aliphatic rings. The summed E-state index contributed by atoms with van der Waals surface area (Å²) in [7, 11) is 1.75. The molecule has 2 rings (SSSR count). The number of carboxylic acid groups (broad SMARTS) is 1. The first-order valence-electron chi connectivity index (χ1n) is 5.93. The number of pyridine rings is 1. The van der Waals surface area contributed by atoms with Gasteiger partial charge in [0.25, 0.3) is 0 Å². The molecule has 102 valence electrons. The number of anilines is 2. The molecule has 0 saturated carbocycles. The van der Waals surface area contributed by atoms with Gasteiger partial charge in [-0.15, -0.1) is 0 Å². The Morgan fingerprint density at radius 1 is 1.35 bits per heavy atom. The second-order valence-corrected chi connectivity index (χ2v) is 4.13. The lowest BCUT2D eigenvalue weighted by Crippen LogP contribution is -2.12. The molecule has 0 bridgehead atoms. The average Bonchev–Trinajstić information content (AvgIpc) is 2.44. The molecule has 4 nitrogen and oxygen atoms in total. The molecule has 0 unspecified atom stereocenters. The molecule has 0 atom stereocenters. The minimum atomic E-state index is -1.03. The van der Waals surface area contributed by atoms with Gasteiger partial charge in [0.05, 0.1) is 0 Å².